The molecule has 0 saturated carbocycles. The van der Waals surface area contributed by atoms with Crippen molar-refractivity contribution in [1.29, 1.82) is 0 Å². The fourth-order valence-electron chi connectivity index (χ4n) is 3.74. The van der Waals surface area contributed by atoms with Gasteiger partial charge in [-0.3, -0.25) is 19.5 Å². The van der Waals surface area contributed by atoms with Crippen LogP contribution in [0.2, 0.25) is 0 Å². The van der Waals surface area contributed by atoms with E-state index in [2.05, 4.69) is 16.0 Å². The standard InChI is InChI=1S/C26H18FN5O2.Pt/c1-26(2,23-11-5-9-18(28-23)16-13-14-17(27)22(15-16)32(33)34)24-12-6-10-21(29-24)25-30-19-7-3-4-8-20(19)31-25;/h3-12,14-15H,1-2H3;/q-2;+2. The molecule has 0 unspecified atom stereocenters. The molecule has 0 aliphatic carbocycles. The van der Waals surface area contributed by atoms with Gasteiger partial charge >= 0.3 is 21.1 Å². The Bertz CT molecular complexity index is 1520. The number of pyridine rings is 2. The van der Waals surface area contributed by atoms with Crippen molar-refractivity contribution in [3.63, 3.8) is 0 Å². The predicted octanol–water partition coefficient (Wildman–Crippen LogP) is 5.49. The number of nitro groups is 1. The zero-order valence-corrected chi connectivity index (χ0v) is 20.9. The Hall–Kier alpha value is -3.77. The van der Waals surface area contributed by atoms with Crippen LogP contribution in [0.4, 0.5) is 10.1 Å². The van der Waals surface area contributed by atoms with E-state index in [4.69, 9.17) is 9.97 Å². The molecular formula is C26H18FN5O2Pt. The number of hydrogen-bond donors (Lipinski definition) is 0. The van der Waals surface area contributed by atoms with Crippen molar-refractivity contribution < 1.29 is 30.4 Å². The molecule has 0 radical (unpaired) electrons. The zero-order valence-electron chi connectivity index (χ0n) is 18.7. The molecule has 0 aliphatic heterocycles. The molecule has 3 aromatic heterocycles. The normalized spacial score (nSPS) is 11.3. The fraction of sp³-hybridized carbons (Fsp3) is 0.115. The summed E-state index contributed by atoms with van der Waals surface area (Å²) in [5.74, 6) is -0.387. The molecule has 0 N–H and O–H groups in total. The average Bonchev–Trinajstić information content (AvgIpc) is 3.29. The van der Waals surface area contributed by atoms with Crippen LogP contribution in [0.3, 0.4) is 0 Å². The smallest absolute Gasteiger partial charge is 0.434 e. The third-order valence-corrected chi connectivity index (χ3v) is 5.70. The number of halogens is 1. The molecule has 0 bridgehead atoms. The van der Waals surface area contributed by atoms with E-state index >= 15 is 0 Å². The molecule has 5 aromatic rings. The van der Waals surface area contributed by atoms with Crippen LogP contribution in [0.25, 0.3) is 33.8 Å². The first-order valence-electron chi connectivity index (χ1n) is 10.5. The molecule has 35 heavy (non-hydrogen) atoms. The molecule has 0 saturated heterocycles. The summed E-state index contributed by atoms with van der Waals surface area (Å²) < 4.78 is 13.8. The van der Waals surface area contributed by atoms with Gasteiger partial charge in [-0.05, 0) is 54.6 Å². The second-order valence-electron chi connectivity index (χ2n) is 8.31. The summed E-state index contributed by atoms with van der Waals surface area (Å²) in [5.41, 5.74) is 3.30. The van der Waals surface area contributed by atoms with Gasteiger partial charge in [0.1, 0.15) is 5.82 Å². The van der Waals surface area contributed by atoms with Gasteiger partial charge in [-0.15, -0.1) is 17.7 Å². The van der Waals surface area contributed by atoms with Gasteiger partial charge in [0.05, 0.1) is 11.4 Å². The van der Waals surface area contributed by atoms with Crippen LogP contribution in [0.5, 0.6) is 0 Å². The van der Waals surface area contributed by atoms with E-state index in [1.807, 2.05) is 62.4 Å². The van der Waals surface area contributed by atoms with E-state index < -0.39 is 21.8 Å². The van der Waals surface area contributed by atoms with Gasteiger partial charge in [0, 0.05) is 16.0 Å². The van der Waals surface area contributed by atoms with Crippen molar-refractivity contribution in [3.05, 3.63) is 106 Å². The monoisotopic (exact) mass is 646 g/mol. The first-order valence-corrected chi connectivity index (χ1v) is 10.5. The van der Waals surface area contributed by atoms with Gasteiger partial charge in [0.15, 0.2) is 0 Å². The Kier molecular flexibility index (Phi) is 6.59. The number of benzene rings is 2. The predicted molar refractivity (Wildman–Crippen MR) is 126 cm³/mol. The van der Waals surface area contributed by atoms with Gasteiger partial charge < -0.3 is 15.0 Å². The summed E-state index contributed by atoms with van der Waals surface area (Å²) in [6, 6.07) is 23.5. The van der Waals surface area contributed by atoms with Crippen LogP contribution in [0, 0.1) is 22.0 Å². The molecule has 9 heteroatoms. The van der Waals surface area contributed by atoms with Crippen molar-refractivity contribution >= 4 is 16.7 Å². The van der Waals surface area contributed by atoms with Gasteiger partial charge in [0.2, 0.25) is 5.69 Å². The van der Waals surface area contributed by atoms with Crippen molar-refractivity contribution in [2.45, 2.75) is 19.3 Å². The summed E-state index contributed by atoms with van der Waals surface area (Å²) in [5, 5.41) is 11.1. The van der Waals surface area contributed by atoms with Crippen molar-refractivity contribution in [1.82, 2.24) is 19.9 Å². The third-order valence-electron chi connectivity index (χ3n) is 5.70. The number of rotatable bonds is 5. The van der Waals surface area contributed by atoms with Crippen LogP contribution >= 0.6 is 0 Å². The van der Waals surface area contributed by atoms with E-state index in [1.165, 1.54) is 0 Å². The Labute approximate surface area is 214 Å². The zero-order chi connectivity index (χ0) is 23.9. The van der Waals surface area contributed by atoms with E-state index in [0.29, 0.717) is 28.5 Å². The number of nitro benzene ring substituents is 1. The summed E-state index contributed by atoms with van der Waals surface area (Å²) >= 11 is 0. The Balaban J connectivity index is 0.00000289. The average molecular weight is 647 g/mol. The van der Waals surface area contributed by atoms with E-state index in [0.717, 1.165) is 28.9 Å². The molecule has 0 spiro atoms. The Morgan fingerprint density at radius 1 is 0.943 bits per heavy atom. The van der Waals surface area contributed by atoms with Gasteiger partial charge in [-0.25, -0.2) is 0 Å². The molecule has 5 rings (SSSR count). The molecular weight excluding hydrogens is 628 g/mol. The maximum atomic E-state index is 13.8. The minimum Gasteiger partial charge on any atom is -0.434 e. The molecule has 0 atom stereocenters. The second-order valence-corrected chi connectivity index (χ2v) is 8.31. The first kappa shape index (κ1) is 24.4. The molecule has 0 aliphatic rings. The Morgan fingerprint density at radius 3 is 2.29 bits per heavy atom. The number of imidazole rings is 1. The van der Waals surface area contributed by atoms with Crippen LogP contribution in [0.1, 0.15) is 25.2 Å². The summed E-state index contributed by atoms with van der Waals surface area (Å²) in [4.78, 5) is 29.1. The summed E-state index contributed by atoms with van der Waals surface area (Å²) in [7, 11) is 0. The van der Waals surface area contributed by atoms with Gasteiger partial charge in [-0.2, -0.15) is 0 Å². The molecule has 176 valence electrons. The minimum absolute atomic E-state index is 0. The van der Waals surface area contributed by atoms with E-state index in [1.54, 1.807) is 12.1 Å². The van der Waals surface area contributed by atoms with Crippen molar-refractivity contribution in [2.75, 3.05) is 0 Å². The van der Waals surface area contributed by atoms with Crippen molar-refractivity contribution in [2.24, 2.45) is 0 Å². The van der Waals surface area contributed by atoms with Crippen LogP contribution in [-0.4, -0.2) is 19.9 Å². The maximum Gasteiger partial charge on any atom is 2.00 e. The SMILES string of the molecule is CC(C)(c1cccc(-c2[c-]cc(F)c([N+](=O)[O-])c2)n1)c1cccc(-c2nc3ccccc3[n-]2)n1.[Pt+2]. The summed E-state index contributed by atoms with van der Waals surface area (Å²) in [6.45, 7) is 3.98. The number of nitrogens with zero attached hydrogens (tertiary/aromatic N) is 5. The van der Waals surface area contributed by atoms with Crippen LogP contribution in [0.15, 0.2) is 72.8 Å². The third kappa shape index (κ3) is 4.62. The topological polar surface area (TPSA) is 95.9 Å². The summed E-state index contributed by atoms with van der Waals surface area (Å²) in [6.07, 6.45) is 0. The molecule has 3 heterocycles. The van der Waals surface area contributed by atoms with Crippen molar-refractivity contribution in [3.8, 4) is 22.8 Å². The molecule has 0 fully saturated rings. The quantitative estimate of drug-likeness (QED) is 0.143. The first-order chi connectivity index (χ1) is 16.3. The number of hydrogen-bond acceptors (Lipinski definition) is 5. The minimum atomic E-state index is -0.936. The maximum absolute atomic E-state index is 13.8. The molecule has 0 amide bonds. The van der Waals surface area contributed by atoms with E-state index in [9.17, 15) is 14.5 Å². The fourth-order valence-corrected chi connectivity index (χ4v) is 3.74. The largest absolute Gasteiger partial charge is 2.00 e. The molecule has 2 aromatic carbocycles. The Morgan fingerprint density at radius 2 is 1.60 bits per heavy atom. The van der Waals surface area contributed by atoms with Gasteiger partial charge in [-0.1, -0.05) is 48.5 Å². The van der Waals surface area contributed by atoms with Gasteiger partial charge in [0.25, 0.3) is 0 Å². The number of para-hydroxylation sites is 2. The van der Waals surface area contributed by atoms with Crippen LogP contribution in [-0.2, 0) is 26.5 Å². The second kappa shape index (κ2) is 9.47. The molecule has 7 nitrogen and oxygen atoms in total. The van der Waals surface area contributed by atoms with Crippen LogP contribution < -0.4 is 4.98 Å². The number of aromatic nitrogens is 4. The number of fused-ring (bicyclic) bond motifs is 1. The van der Waals surface area contributed by atoms with E-state index in [-0.39, 0.29) is 21.1 Å².